The largest absolute Gasteiger partial charge is 0.370 e. The minimum atomic E-state index is -2.63. The maximum atomic E-state index is 12.4. The number of anilines is 1. The van der Waals surface area contributed by atoms with Crippen LogP contribution in [0.4, 0.5) is 14.6 Å². The Morgan fingerprint density at radius 1 is 1.43 bits per heavy atom. The minimum absolute atomic E-state index is 0.198. The van der Waals surface area contributed by atoms with Crippen molar-refractivity contribution in [2.24, 2.45) is 0 Å². The zero-order valence-electron chi connectivity index (χ0n) is 8.22. The lowest BCUT2D eigenvalue weighted by molar-refractivity contribution is 0.0167. The van der Waals surface area contributed by atoms with Gasteiger partial charge in [0.05, 0.1) is 0 Å². The van der Waals surface area contributed by atoms with E-state index in [1.54, 1.807) is 6.07 Å². The summed E-state index contributed by atoms with van der Waals surface area (Å²) in [7, 11) is 0. The summed E-state index contributed by atoms with van der Waals surface area (Å²) in [6.07, 6.45) is 1.21. The predicted molar refractivity (Wildman–Crippen MR) is 50.5 cm³/mol. The Hall–Kier alpha value is -1.26. The highest BCUT2D eigenvalue weighted by Gasteiger charge is 2.19. The van der Waals surface area contributed by atoms with Crippen molar-refractivity contribution >= 4 is 5.82 Å². The van der Waals surface area contributed by atoms with Crippen molar-refractivity contribution in [3.63, 3.8) is 0 Å². The van der Waals surface area contributed by atoms with Crippen molar-refractivity contribution in [2.45, 2.75) is 26.2 Å². The zero-order valence-corrected chi connectivity index (χ0v) is 8.22. The van der Waals surface area contributed by atoms with E-state index in [1.807, 2.05) is 6.92 Å². The molecule has 1 heterocycles. The lowest BCUT2D eigenvalue weighted by Crippen LogP contribution is -2.16. The number of rotatable bonds is 4. The Balaban J connectivity index is 2.39. The molecule has 1 aromatic heterocycles. The number of aromatic nitrogens is 2. The highest BCUT2D eigenvalue weighted by Crippen LogP contribution is 2.16. The molecule has 1 N–H and O–H groups in total. The maximum absolute atomic E-state index is 12.4. The first-order valence-corrected chi connectivity index (χ1v) is 4.38. The standard InChI is InChI=1S/C9H13F2N3/c1-7-5-8(14-6-13-7)12-4-3-9(2,10)11/h5-6H,3-4H2,1-2H3,(H,12,13,14). The van der Waals surface area contributed by atoms with Crippen molar-refractivity contribution in [1.82, 2.24) is 9.97 Å². The second-order valence-corrected chi connectivity index (χ2v) is 3.29. The van der Waals surface area contributed by atoms with Crippen molar-refractivity contribution < 1.29 is 8.78 Å². The van der Waals surface area contributed by atoms with Gasteiger partial charge in [-0.25, -0.2) is 18.7 Å². The van der Waals surface area contributed by atoms with E-state index in [2.05, 4.69) is 15.3 Å². The second-order valence-electron chi connectivity index (χ2n) is 3.29. The van der Waals surface area contributed by atoms with E-state index in [9.17, 15) is 8.78 Å². The molecule has 0 aliphatic heterocycles. The molecule has 0 atom stereocenters. The van der Waals surface area contributed by atoms with Crippen LogP contribution in [0.25, 0.3) is 0 Å². The third-order valence-electron chi connectivity index (χ3n) is 1.67. The monoisotopic (exact) mass is 201 g/mol. The minimum Gasteiger partial charge on any atom is -0.370 e. The Morgan fingerprint density at radius 2 is 2.14 bits per heavy atom. The second kappa shape index (κ2) is 4.30. The van der Waals surface area contributed by atoms with Crippen LogP contribution < -0.4 is 5.32 Å². The van der Waals surface area contributed by atoms with E-state index < -0.39 is 5.92 Å². The number of hydrogen-bond acceptors (Lipinski definition) is 3. The van der Waals surface area contributed by atoms with E-state index in [0.29, 0.717) is 5.82 Å². The van der Waals surface area contributed by atoms with Crippen LogP contribution in [0, 0.1) is 6.92 Å². The molecule has 0 radical (unpaired) electrons. The molecule has 0 aliphatic carbocycles. The molecule has 0 amide bonds. The Kier molecular flexibility index (Phi) is 3.33. The highest BCUT2D eigenvalue weighted by atomic mass is 19.3. The Labute approximate surface area is 81.6 Å². The molecule has 14 heavy (non-hydrogen) atoms. The van der Waals surface area contributed by atoms with Crippen LogP contribution in [-0.2, 0) is 0 Å². The number of hydrogen-bond donors (Lipinski definition) is 1. The molecule has 1 rings (SSSR count). The fraction of sp³-hybridized carbons (Fsp3) is 0.556. The number of halogens is 2. The summed E-state index contributed by atoms with van der Waals surface area (Å²) in [6.45, 7) is 2.93. The number of nitrogens with one attached hydrogen (secondary N) is 1. The van der Waals surface area contributed by atoms with Gasteiger partial charge >= 0.3 is 0 Å². The van der Waals surface area contributed by atoms with Crippen LogP contribution in [0.5, 0.6) is 0 Å². The maximum Gasteiger partial charge on any atom is 0.247 e. The molecular weight excluding hydrogens is 188 g/mol. The van der Waals surface area contributed by atoms with E-state index in [4.69, 9.17) is 0 Å². The smallest absolute Gasteiger partial charge is 0.247 e. The molecule has 0 unspecified atom stereocenters. The van der Waals surface area contributed by atoms with Crippen LogP contribution in [0.2, 0.25) is 0 Å². The van der Waals surface area contributed by atoms with E-state index >= 15 is 0 Å². The van der Waals surface area contributed by atoms with Gasteiger partial charge in [0, 0.05) is 24.7 Å². The lowest BCUT2D eigenvalue weighted by Gasteiger charge is -2.10. The summed E-state index contributed by atoms with van der Waals surface area (Å²) in [6, 6.07) is 1.72. The third kappa shape index (κ3) is 4.11. The molecule has 0 saturated heterocycles. The van der Waals surface area contributed by atoms with Gasteiger partial charge in [-0.15, -0.1) is 0 Å². The Morgan fingerprint density at radius 3 is 2.71 bits per heavy atom. The zero-order chi connectivity index (χ0) is 10.6. The average molecular weight is 201 g/mol. The molecule has 78 valence electrons. The molecular formula is C9H13F2N3. The third-order valence-corrected chi connectivity index (χ3v) is 1.67. The fourth-order valence-corrected chi connectivity index (χ4v) is 0.961. The first-order chi connectivity index (χ1) is 6.47. The van der Waals surface area contributed by atoms with Crippen LogP contribution in [-0.4, -0.2) is 22.4 Å². The van der Waals surface area contributed by atoms with Crippen LogP contribution in [0.3, 0.4) is 0 Å². The molecule has 0 aliphatic rings. The topological polar surface area (TPSA) is 37.8 Å². The molecule has 0 fully saturated rings. The van der Waals surface area contributed by atoms with Gasteiger partial charge in [-0.1, -0.05) is 0 Å². The first-order valence-electron chi connectivity index (χ1n) is 4.38. The summed E-state index contributed by atoms with van der Waals surface area (Å²) in [4.78, 5) is 7.79. The summed E-state index contributed by atoms with van der Waals surface area (Å²) >= 11 is 0. The van der Waals surface area contributed by atoms with Gasteiger partial charge in [-0.3, -0.25) is 0 Å². The fourth-order valence-electron chi connectivity index (χ4n) is 0.961. The van der Waals surface area contributed by atoms with Gasteiger partial charge in [-0.05, 0) is 13.8 Å². The van der Waals surface area contributed by atoms with E-state index in [1.165, 1.54) is 6.33 Å². The SMILES string of the molecule is Cc1cc(NCCC(C)(F)F)ncn1. The molecule has 0 aromatic carbocycles. The number of aryl methyl sites for hydroxylation is 1. The van der Waals surface area contributed by atoms with Gasteiger partial charge in [0.25, 0.3) is 0 Å². The average Bonchev–Trinajstić information content (AvgIpc) is 2.01. The van der Waals surface area contributed by atoms with Gasteiger partial charge < -0.3 is 5.32 Å². The quantitative estimate of drug-likeness (QED) is 0.811. The van der Waals surface area contributed by atoms with Crippen molar-refractivity contribution in [3.8, 4) is 0 Å². The molecule has 3 nitrogen and oxygen atoms in total. The van der Waals surface area contributed by atoms with E-state index in [0.717, 1.165) is 12.6 Å². The van der Waals surface area contributed by atoms with Gasteiger partial charge in [0.2, 0.25) is 5.92 Å². The molecule has 1 aromatic rings. The molecule has 0 spiro atoms. The number of nitrogens with zero attached hydrogens (tertiary/aromatic N) is 2. The van der Waals surface area contributed by atoms with Crippen LogP contribution in [0.1, 0.15) is 19.0 Å². The highest BCUT2D eigenvalue weighted by molar-refractivity contribution is 5.34. The first kappa shape index (κ1) is 10.8. The van der Waals surface area contributed by atoms with Gasteiger partial charge in [0.15, 0.2) is 0 Å². The summed E-state index contributed by atoms with van der Waals surface area (Å²) in [5.74, 6) is -2.04. The summed E-state index contributed by atoms with van der Waals surface area (Å²) < 4.78 is 24.9. The van der Waals surface area contributed by atoms with Gasteiger partial charge in [-0.2, -0.15) is 0 Å². The van der Waals surface area contributed by atoms with Crippen molar-refractivity contribution in [2.75, 3.05) is 11.9 Å². The van der Waals surface area contributed by atoms with Crippen LogP contribution in [0.15, 0.2) is 12.4 Å². The summed E-state index contributed by atoms with van der Waals surface area (Å²) in [5.41, 5.74) is 0.811. The Bertz CT molecular complexity index is 296. The molecule has 5 heteroatoms. The predicted octanol–water partition coefficient (Wildman–Crippen LogP) is 2.24. The van der Waals surface area contributed by atoms with Crippen molar-refractivity contribution in [1.29, 1.82) is 0 Å². The summed E-state index contributed by atoms with van der Waals surface area (Å²) in [5, 5.41) is 2.81. The lowest BCUT2D eigenvalue weighted by atomic mass is 10.3. The normalized spacial score (nSPS) is 11.4. The molecule has 0 saturated carbocycles. The number of alkyl halides is 2. The van der Waals surface area contributed by atoms with Crippen LogP contribution >= 0.6 is 0 Å². The van der Waals surface area contributed by atoms with Crippen molar-refractivity contribution in [3.05, 3.63) is 18.1 Å². The van der Waals surface area contributed by atoms with Gasteiger partial charge in [0.1, 0.15) is 12.1 Å². The van der Waals surface area contributed by atoms with E-state index in [-0.39, 0.29) is 13.0 Å². The molecule has 0 bridgehead atoms.